The van der Waals surface area contributed by atoms with E-state index in [1.807, 2.05) is 0 Å². The first-order valence-electron chi connectivity index (χ1n) is 5.81. The Morgan fingerprint density at radius 3 is 2.65 bits per heavy atom. The van der Waals surface area contributed by atoms with E-state index in [2.05, 4.69) is 25.6 Å². The molecule has 0 spiro atoms. The molecule has 0 saturated carbocycles. The van der Waals surface area contributed by atoms with Crippen molar-refractivity contribution in [2.45, 2.75) is 19.6 Å². The zero-order chi connectivity index (χ0) is 14.6. The number of nitrogens with one attached hydrogen (secondary N) is 2. The third kappa shape index (κ3) is 3.80. The van der Waals surface area contributed by atoms with Crippen molar-refractivity contribution in [1.82, 2.24) is 15.0 Å². The Morgan fingerprint density at radius 1 is 1.25 bits per heavy atom. The number of aromatic nitrogens is 3. The largest absolute Gasteiger partial charge is 0.433 e. The standard InChI is InChI=1S/C11H12F3N5S/c1-2-15-10-18-7(11(12,13)14)5-8(19-10)17-6-9-16-3-4-20-9/h3-5H,2,6H2,1H3,(H2,15,17,18,19). The maximum atomic E-state index is 12.7. The minimum absolute atomic E-state index is 0.0519. The van der Waals surface area contributed by atoms with Gasteiger partial charge in [0.05, 0.1) is 6.54 Å². The van der Waals surface area contributed by atoms with Crippen molar-refractivity contribution in [2.75, 3.05) is 17.2 Å². The Bertz CT molecular complexity index is 556. The molecule has 2 N–H and O–H groups in total. The van der Waals surface area contributed by atoms with Gasteiger partial charge in [0, 0.05) is 24.2 Å². The Hall–Kier alpha value is -1.90. The first-order valence-corrected chi connectivity index (χ1v) is 6.69. The van der Waals surface area contributed by atoms with Gasteiger partial charge in [-0.3, -0.25) is 0 Å². The highest BCUT2D eigenvalue weighted by molar-refractivity contribution is 7.09. The first-order chi connectivity index (χ1) is 9.49. The summed E-state index contributed by atoms with van der Waals surface area (Å²) in [5, 5.41) is 8.05. The van der Waals surface area contributed by atoms with Crippen LogP contribution in [-0.2, 0) is 12.7 Å². The zero-order valence-electron chi connectivity index (χ0n) is 10.5. The van der Waals surface area contributed by atoms with E-state index in [9.17, 15) is 13.2 Å². The summed E-state index contributed by atoms with van der Waals surface area (Å²) in [6, 6.07) is 0.883. The number of rotatable bonds is 5. The third-order valence-electron chi connectivity index (χ3n) is 2.26. The first kappa shape index (κ1) is 14.5. The molecule has 20 heavy (non-hydrogen) atoms. The van der Waals surface area contributed by atoms with Crippen LogP contribution in [0, 0.1) is 0 Å². The summed E-state index contributed by atoms with van der Waals surface area (Å²) in [6.45, 7) is 2.51. The lowest BCUT2D eigenvalue weighted by molar-refractivity contribution is -0.141. The molecule has 2 heterocycles. The van der Waals surface area contributed by atoms with Crippen molar-refractivity contribution >= 4 is 23.1 Å². The van der Waals surface area contributed by atoms with Gasteiger partial charge < -0.3 is 10.6 Å². The van der Waals surface area contributed by atoms with Crippen molar-refractivity contribution < 1.29 is 13.2 Å². The third-order valence-corrected chi connectivity index (χ3v) is 3.04. The number of alkyl halides is 3. The molecule has 0 aromatic carbocycles. The Kier molecular flexibility index (Phi) is 4.38. The molecule has 5 nitrogen and oxygen atoms in total. The van der Waals surface area contributed by atoms with Crippen molar-refractivity contribution in [2.24, 2.45) is 0 Å². The van der Waals surface area contributed by atoms with E-state index in [0.717, 1.165) is 11.1 Å². The molecule has 0 aliphatic heterocycles. The summed E-state index contributed by atoms with van der Waals surface area (Å²) in [4.78, 5) is 11.5. The van der Waals surface area contributed by atoms with E-state index < -0.39 is 11.9 Å². The van der Waals surface area contributed by atoms with Gasteiger partial charge in [0.1, 0.15) is 10.8 Å². The number of halogens is 3. The van der Waals surface area contributed by atoms with Crippen LogP contribution < -0.4 is 10.6 Å². The van der Waals surface area contributed by atoms with Gasteiger partial charge in [0.15, 0.2) is 5.69 Å². The van der Waals surface area contributed by atoms with Crippen LogP contribution in [0.25, 0.3) is 0 Å². The molecule has 0 aliphatic carbocycles. The molecule has 9 heteroatoms. The van der Waals surface area contributed by atoms with Crippen LogP contribution in [0.1, 0.15) is 17.6 Å². The van der Waals surface area contributed by atoms with Gasteiger partial charge in [0.2, 0.25) is 5.95 Å². The maximum absolute atomic E-state index is 12.7. The fourth-order valence-electron chi connectivity index (χ4n) is 1.43. The summed E-state index contributed by atoms with van der Waals surface area (Å²) < 4.78 is 38.2. The molecular formula is C11H12F3N5S. The quantitative estimate of drug-likeness (QED) is 0.889. The van der Waals surface area contributed by atoms with Gasteiger partial charge in [-0.15, -0.1) is 11.3 Å². The second-order valence-corrected chi connectivity index (χ2v) is 4.75. The second kappa shape index (κ2) is 6.04. The molecule has 0 unspecified atom stereocenters. The lowest BCUT2D eigenvalue weighted by atomic mass is 10.3. The van der Waals surface area contributed by atoms with E-state index in [4.69, 9.17) is 0 Å². The van der Waals surface area contributed by atoms with E-state index in [1.165, 1.54) is 11.3 Å². The number of anilines is 2. The highest BCUT2D eigenvalue weighted by atomic mass is 32.1. The van der Waals surface area contributed by atoms with Gasteiger partial charge in [-0.25, -0.2) is 9.97 Å². The average molecular weight is 303 g/mol. The Balaban J connectivity index is 2.20. The number of thiazole rings is 1. The highest BCUT2D eigenvalue weighted by Gasteiger charge is 2.33. The van der Waals surface area contributed by atoms with Crippen molar-refractivity contribution in [3.05, 3.63) is 28.3 Å². The van der Waals surface area contributed by atoms with Gasteiger partial charge in [0.25, 0.3) is 0 Å². The van der Waals surface area contributed by atoms with Crippen LogP contribution in [0.4, 0.5) is 24.9 Å². The van der Waals surface area contributed by atoms with Gasteiger partial charge in [-0.1, -0.05) is 0 Å². The molecule has 2 rings (SSSR count). The topological polar surface area (TPSA) is 62.7 Å². The van der Waals surface area contributed by atoms with Crippen LogP contribution in [0.3, 0.4) is 0 Å². The fourth-order valence-corrected chi connectivity index (χ4v) is 1.98. The molecule has 0 fully saturated rings. The second-order valence-electron chi connectivity index (χ2n) is 3.77. The number of hydrogen-bond acceptors (Lipinski definition) is 6. The summed E-state index contributed by atoms with van der Waals surface area (Å²) in [7, 11) is 0. The molecule has 0 saturated heterocycles. The molecule has 0 atom stereocenters. The molecule has 0 aliphatic rings. The van der Waals surface area contributed by atoms with E-state index in [0.29, 0.717) is 13.1 Å². The summed E-state index contributed by atoms with van der Waals surface area (Å²) >= 11 is 1.41. The maximum Gasteiger partial charge on any atom is 0.433 e. The van der Waals surface area contributed by atoms with Crippen LogP contribution in [0.15, 0.2) is 17.6 Å². The molecule has 0 radical (unpaired) electrons. The molecule has 0 amide bonds. The lowest BCUT2D eigenvalue weighted by Crippen LogP contribution is -2.14. The minimum Gasteiger partial charge on any atom is -0.363 e. The smallest absolute Gasteiger partial charge is 0.363 e. The number of nitrogens with zero attached hydrogens (tertiary/aromatic N) is 3. The molecule has 2 aromatic rings. The summed E-state index contributed by atoms with van der Waals surface area (Å²) in [6.07, 6.45) is -2.88. The van der Waals surface area contributed by atoms with Gasteiger partial charge >= 0.3 is 6.18 Å². The minimum atomic E-state index is -4.51. The Morgan fingerprint density at radius 2 is 2.05 bits per heavy atom. The average Bonchev–Trinajstić information content (AvgIpc) is 2.88. The molecule has 0 bridgehead atoms. The molecule has 108 valence electrons. The SMILES string of the molecule is CCNc1nc(NCc2nccs2)cc(C(F)(F)F)n1. The summed E-state index contributed by atoms with van der Waals surface area (Å²) in [5.74, 6) is 0.0578. The molecular weight excluding hydrogens is 291 g/mol. The van der Waals surface area contributed by atoms with Crippen LogP contribution in [0.5, 0.6) is 0 Å². The lowest BCUT2D eigenvalue weighted by Gasteiger charge is -2.11. The van der Waals surface area contributed by atoms with E-state index in [-0.39, 0.29) is 11.8 Å². The van der Waals surface area contributed by atoms with E-state index in [1.54, 1.807) is 18.5 Å². The van der Waals surface area contributed by atoms with Crippen molar-refractivity contribution in [3.63, 3.8) is 0 Å². The molecule has 2 aromatic heterocycles. The zero-order valence-corrected chi connectivity index (χ0v) is 11.3. The Labute approximate surface area is 117 Å². The van der Waals surface area contributed by atoms with Gasteiger partial charge in [-0.2, -0.15) is 18.2 Å². The fraction of sp³-hybridized carbons (Fsp3) is 0.364. The number of hydrogen-bond donors (Lipinski definition) is 2. The van der Waals surface area contributed by atoms with Gasteiger partial charge in [-0.05, 0) is 6.92 Å². The van der Waals surface area contributed by atoms with Crippen LogP contribution in [-0.4, -0.2) is 21.5 Å². The van der Waals surface area contributed by atoms with Crippen LogP contribution >= 0.6 is 11.3 Å². The van der Waals surface area contributed by atoms with Crippen molar-refractivity contribution in [1.29, 1.82) is 0 Å². The van der Waals surface area contributed by atoms with E-state index >= 15 is 0 Å². The predicted octanol–water partition coefficient (Wildman–Crippen LogP) is 3.00. The predicted molar refractivity (Wildman–Crippen MR) is 70.6 cm³/mol. The monoisotopic (exact) mass is 303 g/mol. The normalized spacial score (nSPS) is 11.4. The highest BCUT2D eigenvalue weighted by Crippen LogP contribution is 2.29. The van der Waals surface area contributed by atoms with Crippen LogP contribution in [0.2, 0.25) is 0 Å². The summed E-state index contributed by atoms with van der Waals surface area (Å²) in [5.41, 5.74) is -0.981. The van der Waals surface area contributed by atoms with Crippen molar-refractivity contribution in [3.8, 4) is 0 Å².